The number of anilines is 1. The first-order valence-corrected chi connectivity index (χ1v) is 4.27. The molecule has 0 radical (unpaired) electrons. The molecule has 0 atom stereocenters. The molecule has 0 saturated carbocycles. The number of hydrogen-bond acceptors (Lipinski definition) is 5. The van der Waals surface area contributed by atoms with E-state index in [9.17, 15) is 0 Å². The fourth-order valence-corrected chi connectivity index (χ4v) is 0.607. The molecule has 0 amide bonds. The third-order valence-corrected chi connectivity index (χ3v) is 1.16. The summed E-state index contributed by atoms with van der Waals surface area (Å²) in [5.41, 5.74) is 5.25. The minimum atomic E-state index is 0.0278. The van der Waals surface area contributed by atoms with Crippen LogP contribution in [0.4, 0.5) is 5.82 Å². The number of aliphatic hydroxyl groups excluding tert-OH is 2. The van der Waals surface area contributed by atoms with Crippen molar-refractivity contribution in [2.24, 2.45) is 0 Å². The summed E-state index contributed by atoms with van der Waals surface area (Å²) in [6.45, 7) is 0.696. The average Bonchev–Trinajstić information content (AvgIpc) is 2.21. The molecule has 1 aromatic heterocycles. The number of pyridine rings is 1. The molecule has 14 heavy (non-hydrogen) atoms. The van der Waals surface area contributed by atoms with E-state index in [1.165, 1.54) is 0 Å². The van der Waals surface area contributed by atoms with Crippen LogP contribution in [0.15, 0.2) is 24.4 Å². The van der Waals surface area contributed by atoms with Crippen molar-refractivity contribution in [2.75, 3.05) is 32.2 Å². The highest BCUT2D eigenvalue weighted by Gasteiger charge is 1.79. The van der Waals surface area contributed by atoms with E-state index in [1.807, 2.05) is 12.1 Å². The Morgan fingerprint density at radius 2 is 1.86 bits per heavy atom. The molecule has 0 saturated heterocycles. The molecule has 4 N–H and O–H groups in total. The quantitative estimate of drug-likeness (QED) is 0.578. The fourth-order valence-electron chi connectivity index (χ4n) is 0.607. The summed E-state index contributed by atoms with van der Waals surface area (Å²) in [5.74, 6) is 0.572. The topological polar surface area (TPSA) is 88.6 Å². The molecular weight excluding hydrogens is 184 g/mol. The molecule has 0 aliphatic rings. The maximum atomic E-state index is 8.09. The number of nitrogen functional groups attached to an aromatic ring is 1. The largest absolute Gasteiger partial charge is 0.394 e. The Kier molecular flexibility index (Phi) is 9.09. The van der Waals surface area contributed by atoms with Gasteiger partial charge in [0.2, 0.25) is 0 Å². The molecule has 1 aromatic rings. The molecule has 0 aromatic carbocycles. The Bertz CT molecular complexity index is 202. The maximum absolute atomic E-state index is 8.09. The number of hydrogen-bond donors (Lipinski definition) is 3. The first kappa shape index (κ1) is 12.8. The van der Waals surface area contributed by atoms with Gasteiger partial charge in [-0.05, 0) is 12.1 Å². The predicted molar refractivity (Wildman–Crippen MR) is 53.6 cm³/mol. The minimum absolute atomic E-state index is 0.0278. The zero-order chi connectivity index (χ0) is 10.6. The van der Waals surface area contributed by atoms with Gasteiger partial charge < -0.3 is 20.7 Å². The fraction of sp³-hybridized carbons (Fsp3) is 0.444. The number of aliphatic hydroxyl groups is 2. The van der Waals surface area contributed by atoms with Crippen LogP contribution in [-0.4, -0.2) is 41.6 Å². The lowest BCUT2D eigenvalue weighted by atomic mass is 10.5. The second-order valence-electron chi connectivity index (χ2n) is 2.31. The van der Waals surface area contributed by atoms with E-state index in [0.29, 0.717) is 19.0 Å². The van der Waals surface area contributed by atoms with Crippen LogP contribution in [0, 0.1) is 0 Å². The van der Waals surface area contributed by atoms with E-state index in [2.05, 4.69) is 9.72 Å². The van der Waals surface area contributed by atoms with Crippen molar-refractivity contribution in [3.05, 3.63) is 24.4 Å². The molecule has 0 aliphatic carbocycles. The smallest absolute Gasteiger partial charge is 0.123 e. The molecule has 0 fully saturated rings. The van der Waals surface area contributed by atoms with Crippen molar-refractivity contribution in [3.63, 3.8) is 0 Å². The molecule has 0 spiro atoms. The minimum Gasteiger partial charge on any atom is -0.394 e. The van der Waals surface area contributed by atoms with Crippen molar-refractivity contribution in [3.8, 4) is 0 Å². The van der Waals surface area contributed by atoms with E-state index >= 15 is 0 Å². The van der Waals surface area contributed by atoms with E-state index < -0.39 is 0 Å². The lowest BCUT2D eigenvalue weighted by molar-refractivity contribution is 0.0650. The lowest BCUT2D eigenvalue weighted by Crippen LogP contribution is -2.03. The Labute approximate surface area is 83.2 Å². The first-order chi connectivity index (χ1) is 6.81. The van der Waals surface area contributed by atoms with Crippen LogP contribution < -0.4 is 5.73 Å². The van der Waals surface area contributed by atoms with Gasteiger partial charge in [-0.1, -0.05) is 6.07 Å². The van der Waals surface area contributed by atoms with Gasteiger partial charge in [-0.15, -0.1) is 0 Å². The van der Waals surface area contributed by atoms with Gasteiger partial charge in [0.15, 0.2) is 0 Å². The van der Waals surface area contributed by atoms with Gasteiger partial charge in [0, 0.05) is 6.20 Å². The van der Waals surface area contributed by atoms with Gasteiger partial charge in [-0.3, -0.25) is 0 Å². The summed E-state index contributed by atoms with van der Waals surface area (Å²) in [6.07, 6.45) is 1.66. The van der Waals surface area contributed by atoms with Crippen molar-refractivity contribution < 1.29 is 14.9 Å². The Morgan fingerprint density at radius 1 is 1.21 bits per heavy atom. The van der Waals surface area contributed by atoms with Gasteiger partial charge in [0.25, 0.3) is 0 Å². The van der Waals surface area contributed by atoms with Crippen LogP contribution in [0.1, 0.15) is 0 Å². The van der Waals surface area contributed by atoms with Gasteiger partial charge >= 0.3 is 0 Å². The molecule has 1 heterocycles. The maximum Gasteiger partial charge on any atom is 0.123 e. The summed E-state index contributed by atoms with van der Waals surface area (Å²) < 4.78 is 4.63. The van der Waals surface area contributed by atoms with Crippen LogP contribution in [0.3, 0.4) is 0 Å². The summed E-state index contributed by atoms with van der Waals surface area (Å²) >= 11 is 0. The molecule has 80 valence electrons. The van der Waals surface area contributed by atoms with Gasteiger partial charge in [-0.2, -0.15) is 0 Å². The summed E-state index contributed by atoms with van der Waals surface area (Å²) in [5, 5.41) is 16.2. The van der Waals surface area contributed by atoms with Crippen molar-refractivity contribution >= 4 is 5.82 Å². The van der Waals surface area contributed by atoms with E-state index in [-0.39, 0.29) is 13.2 Å². The third kappa shape index (κ3) is 8.92. The van der Waals surface area contributed by atoms with E-state index in [4.69, 9.17) is 15.9 Å². The van der Waals surface area contributed by atoms with Crippen LogP contribution in [0.2, 0.25) is 0 Å². The Morgan fingerprint density at radius 3 is 2.14 bits per heavy atom. The SMILES string of the molecule is Nc1ccccn1.OCCOCCO. The zero-order valence-corrected chi connectivity index (χ0v) is 7.97. The van der Waals surface area contributed by atoms with E-state index in [0.717, 1.165) is 0 Å². The monoisotopic (exact) mass is 200 g/mol. The van der Waals surface area contributed by atoms with Crippen molar-refractivity contribution in [1.82, 2.24) is 4.98 Å². The molecule has 0 unspecified atom stereocenters. The second kappa shape index (κ2) is 9.91. The highest BCUT2D eigenvalue weighted by molar-refractivity contribution is 5.25. The molecule has 0 bridgehead atoms. The van der Waals surface area contributed by atoms with Crippen LogP contribution in [-0.2, 0) is 4.74 Å². The number of nitrogens with two attached hydrogens (primary N) is 1. The summed E-state index contributed by atoms with van der Waals surface area (Å²) in [7, 11) is 0. The molecule has 5 heteroatoms. The predicted octanol–water partition coefficient (Wildman–Crippen LogP) is -0.349. The van der Waals surface area contributed by atoms with Crippen LogP contribution in [0.25, 0.3) is 0 Å². The standard InChI is InChI=1S/C5H6N2.C4H10O3/c6-5-3-1-2-4-7-5;5-1-3-7-4-2-6/h1-4H,(H2,6,7);5-6H,1-4H2. The third-order valence-electron chi connectivity index (χ3n) is 1.16. The Hall–Kier alpha value is -1.17. The highest BCUT2D eigenvalue weighted by Crippen LogP contribution is 1.89. The first-order valence-electron chi connectivity index (χ1n) is 4.27. The normalized spacial score (nSPS) is 9.00. The average molecular weight is 200 g/mol. The van der Waals surface area contributed by atoms with Gasteiger partial charge in [-0.25, -0.2) is 4.98 Å². The van der Waals surface area contributed by atoms with Gasteiger partial charge in [0.1, 0.15) is 5.82 Å². The summed E-state index contributed by atoms with van der Waals surface area (Å²) in [4.78, 5) is 3.76. The molecular formula is C9H16N2O3. The number of rotatable bonds is 4. The molecule has 5 nitrogen and oxygen atoms in total. The van der Waals surface area contributed by atoms with Crippen molar-refractivity contribution in [2.45, 2.75) is 0 Å². The second-order valence-corrected chi connectivity index (χ2v) is 2.31. The number of aromatic nitrogens is 1. The van der Waals surface area contributed by atoms with Crippen molar-refractivity contribution in [1.29, 1.82) is 0 Å². The summed E-state index contributed by atoms with van der Waals surface area (Å²) in [6, 6.07) is 5.43. The van der Waals surface area contributed by atoms with E-state index in [1.54, 1.807) is 12.3 Å². The van der Waals surface area contributed by atoms with Gasteiger partial charge in [0.05, 0.1) is 26.4 Å². The molecule has 1 rings (SSSR count). The lowest BCUT2D eigenvalue weighted by Gasteiger charge is -1.94. The number of ether oxygens (including phenoxy) is 1. The van der Waals surface area contributed by atoms with Crippen LogP contribution >= 0.6 is 0 Å². The zero-order valence-electron chi connectivity index (χ0n) is 7.97. The number of nitrogens with zero attached hydrogens (tertiary/aromatic N) is 1. The van der Waals surface area contributed by atoms with Crippen LogP contribution in [0.5, 0.6) is 0 Å². The Balaban J connectivity index is 0.000000241. The highest BCUT2D eigenvalue weighted by atomic mass is 16.5. The molecule has 0 aliphatic heterocycles.